The molecular weight excluding hydrogens is 140 g/mol. The zero-order valence-electron chi connectivity index (χ0n) is 7.09. The molecule has 0 bridgehead atoms. The van der Waals surface area contributed by atoms with Crippen molar-refractivity contribution in [2.45, 2.75) is 31.9 Å². The summed E-state index contributed by atoms with van der Waals surface area (Å²) in [5, 5.41) is 12.3. The van der Waals surface area contributed by atoms with E-state index in [9.17, 15) is 0 Å². The van der Waals surface area contributed by atoms with Crippen LogP contribution in [0.25, 0.3) is 0 Å². The van der Waals surface area contributed by atoms with E-state index in [0.717, 1.165) is 19.4 Å². The van der Waals surface area contributed by atoms with E-state index in [1.807, 2.05) is 0 Å². The summed E-state index contributed by atoms with van der Waals surface area (Å²) in [6, 6.07) is 0.410. The number of nitrogens with two attached hydrogens (primary N) is 1. The third kappa shape index (κ3) is 2.77. The molecule has 0 unspecified atom stereocenters. The van der Waals surface area contributed by atoms with Crippen LogP contribution in [0.3, 0.4) is 0 Å². The standard InChI is InChI=1S/C8H18N2O/c1-6(4-9)10-5-7-2-8(11)3-7/h6-8,10-11H,2-5,9H2,1H3/t6-,7?,8?/m1/s1. The van der Waals surface area contributed by atoms with Gasteiger partial charge in [0, 0.05) is 12.6 Å². The fourth-order valence-corrected chi connectivity index (χ4v) is 1.32. The Balaban J connectivity index is 1.96. The maximum Gasteiger partial charge on any atom is 0.0546 e. The maximum absolute atomic E-state index is 8.99. The molecule has 0 heterocycles. The second-order valence-electron chi connectivity index (χ2n) is 3.54. The average molecular weight is 158 g/mol. The number of rotatable bonds is 4. The molecule has 1 rings (SSSR count). The third-order valence-electron chi connectivity index (χ3n) is 2.32. The van der Waals surface area contributed by atoms with Gasteiger partial charge in [0.2, 0.25) is 0 Å². The van der Waals surface area contributed by atoms with Crippen LogP contribution in [-0.4, -0.2) is 30.3 Å². The van der Waals surface area contributed by atoms with Crippen LogP contribution < -0.4 is 11.1 Å². The van der Waals surface area contributed by atoms with Crippen molar-refractivity contribution >= 4 is 0 Å². The highest BCUT2D eigenvalue weighted by atomic mass is 16.3. The molecule has 0 saturated heterocycles. The Kier molecular flexibility index (Phi) is 3.30. The Labute approximate surface area is 68.0 Å². The quantitative estimate of drug-likeness (QED) is 0.526. The van der Waals surface area contributed by atoms with Crippen molar-refractivity contribution in [1.29, 1.82) is 0 Å². The topological polar surface area (TPSA) is 58.3 Å². The van der Waals surface area contributed by atoms with Gasteiger partial charge in [-0.2, -0.15) is 0 Å². The minimum Gasteiger partial charge on any atom is -0.393 e. The number of hydrogen-bond acceptors (Lipinski definition) is 3. The van der Waals surface area contributed by atoms with Gasteiger partial charge in [-0.1, -0.05) is 0 Å². The van der Waals surface area contributed by atoms with Gasteiger partial charge in [0.05, 0.1) is 6.10 Å². The maximum atomic E-state index is 8.99. The molecule has 0 aliphatic heterocycles. The largest absolute Gasteiger partial charge is 0.393 e. The zero-order valence-corrected chi connectivity index (χ0v) is 7.09. The average Bonchev–Trinajstić information content (AvgIpc) is 1.95. The van der Waals surface area contributed by atoms with E-state index in [-0.39, 0.29) is 6.10 Å². The van der Waals surface area contributed by atoms with Gasteiger partial charge in [0.25, 0.3) is 0 Å². The van der Waals surface area contributed by atoms with E-state index >= 15 is 0 Å². The van der Waals surface area contributed by atoms with Gasteiger partial charge in [0.1, 0.15) is 0 Å². The minimum absolute atomic E-state index is 0.0324. The molecule has 0 aromatic carbocycles. The van der Waals surface area contributed by atoms with Gasteiger partial charge in [0.15, 0.2) is 0 Å². The first-order chi connectivity index (χ1) is 5.22. The van der Waals surface area contributed by atoms with Gasteiger partial charge in [-0.05, 0) is 32.2 Å². The van der Waals surface area contributed by atoms with E-state index < -0.39 is 0 Å². The van der Waals surface area contributed by atoms with E-state index in [0.29, 0.717) is 18.5 Å². The second-order valence-corrected chi connectivity index (χ2v) is 3.54. The molecule has 66 valence electrons. The molecule has 0 spiro atoms. The first kappa shape index (κ1) is 8.97. The van der Waals surface area contributed by atoms with Crippen LogP contribution in [-0.2, 0) is 0 Å². The summed E-state index contributed by atoms with van der Waals surface area (Å²) >= 11 is 0. The lowest BCUT2D eigenvalue weighted by Crippen LogP contribution is -2.41. The van der Waals surface area contributed by atoms with Crippen LogP contribution in [0, 0.1) is 5.92 Å². The predicted octanol–water partition coefficient (Wildman–Crippen LogP) is -0.306. The van der Waals surface area contributed by atoms with Crippen molar-refractivity contribution in [2.24, 2.45) is 11.7 Å². The molecule has 1 aliphatic carbocycles. The Morgan fingerprint density at radius 2 is 2.27 bits per heavy atom. The molecule has 11 heavy (non-hydrogen) atoms. The molecule has 1 atom stereocenters. The van der Waals surface area contributed by atoms with Crippen LogP contribution in [0.4, 0.5) is 0 Å². The summed E-state index contributed by atoms with van der Waals surface area (Å²) in [5.41, 5.74) is 5.43. The first-order valence-corrected chi connectivity index (χ1v) is 4.34. The summed E-state index contributed by atoms with van der Waals surface area (Å²) in [6.07, 6.45) is 1.89. The Morgan fingerprint density at radius 3 is 2.73 bits per heavy atom. The fraction of sp³-hybridized carbons (Fsp3) is 1.00. The molecular formula is C8H18N2O. The Hall–Kier alpha value is -0.120. The predicted molar refractivity (Wildman–Crippen MR) is 45.2 cm³/mol. The highest BCUT2D eigenvalue weighted by molar-refractivity contribution is 4.80. The third-order valence-corrected chi connectivity index (χ3v) is 2.32. The SMILES string of the molecule is C[C@H](CN)NCC1CC(O)C1. The molecule has 0 aromatic heterocycles. The van der Waals surface area contributed by atoms with Crippen LogP contribution in [0.1, 0.15) is 19.8 Å². The van der Waals surface area contributed by atoms with E-state index in [1.165, 1.54) is 0 Å². The van der Waals surface area contributed by atoms with Gasteiger partial charge in [-0.15, -0.1) is 0 Å². The molecule has 0 radical (unpaired) electrons. The molecule has 0 aromatic rings. The lowest BCUT2D eigenvalue weighted by atomic mass is 9.82. The summed E-state index contributed by atoms with van der Waals surface area (Å²) in [5.74, 6) is 0.680. The molecule has 0 amide bonds. The van der Waals surface area contributed by atoms with Crippen molar-refractivity contribution in [2.75, 3.05) is 13.1 Å². The summed E-state index contributed by atoms with van der Waals surface area (Å²) in [7, 11) is 0. The van der Waals surface area contributed by atoms with E-state index in [4.69, 9.17) is 10.8 Å². The van der Waals surface area contributed by atoms with Crippen molar-refractivity contribution in [1.82, 2.24) is 5.32 Å². The number of hydrogen-bond donors (Lipinski definition) is 3. The van der Waals surface area contributed by atoms with Crippen LogP contribution in [0.5, 0.6) is 0 Å². The molecule has 1 saturated carbocycles. The highest BCUT2D eigenvalue weighted by Gasteiger charge is 2.26. The van der Waals surface area contributed by atoms with Crippen molar-refractivity contribution in [3.05, 3.63) is 0 Å². The highest BCUT2D eigenvalue weighted by Crippen LogP contribution is 2.26. The summed E-state index contributed by atoms with van der Waals surface area (Å²) in [4.78, 5) is 0. The van der Waals surface area contributed by atoms with Crippen molar-refractivity contribution in [3.63, 3.8) is 0 Å². The van der Waals surface area contributed by atoms with E-state index in [1.54, 1.807) is 0 Å². The van der Waals surface area contributed by atoms with Gasteiger partial charge >= 0.3 is 0 Å². The first-order valence-electron chi connectivity index (χ1n) is 4.34. The summed E-state index contributed by atoms with van der Waals surface area (Å²) in [6.45, 7) is 3.78. The molecule has 3 heteroatoms. The number of aliphatic hydroxyl groups is 1. The molecule has 3 nitrogen and oxygen atoms in total. The zero-order chi connectivity index (χ0) is 8.27. The monoisotopic (exact) mass is 158 g/mol. The van der Waals surface area contributed by atoms with Crippen LogP contribution in [0.15, 0.2) is 0 Å². The van der Waals surface area contributed by atoms with Crippen LogP contribution in [0.2, 0.25) is 0 Å². The van der Waals surface area contributed by atoms with Crippen molar-refractivity contribution < 1.29 is 5.11 Å². The molecule has 1 aliphatic rings. The fourth-order valence-electron chi connectivity index (χ4n) is 1.32. The van der Waals surface area contributed by atoms with Gasteiger partial charge in [-0.25, -0.2) is 0 Å². The van der Waals surface area contributed by atoms with Crippen molar-refractivity contribution in [3.8, 4) is 0 Å². The van der Waals surface area contributed by atoms with Gasteiger partial charge in [-0.3, -0.25) is 0 Å². The van der Waals surface area contributed by atoms with Crippen LogP contribution >= 0.6 is 0 Å². The smallest absolute Gasteiger partial charge is 0.0546 e. The molecule has 4 N–H and O–H groups in total. The summed E-state index contributed by atoms with van der Waals surface area (Å²) < 4.78 is 0. The Morgan fingerprint density at radius 1 is 1.64 bits per heavy atom. The van der Waals surface area contributed by atoms with E-state index in [2.05, 4.69) is 12.2 Å². The lowest BCUT2D eigenvalue weighted by molar-refractivity contribution is 0.0422. The molecule has 1 fully saturated rings. The normalized spacial score (nSPS) is 33.0. The lowest BCUT2D eigenvalue weighted by Gasteiger charge is -2.32. The van der Waals surface area contributed by atoms with Gasteiger partial charge < -0.3 is 16.2 Å². The Bertz CT molecular complexity index is 113. The second kappa shape index (κ2) is 4.04. The number of nitrogens with one attached hydrogen (secondary N) is 1. The minimum atomic E-state index is -0.0324. The number of aliphatic hydroxyl groups excluding tert-OH is 1.